The molecule has 1 heterocycles. The quantitative estimate of drug-likeness (QED) is 0.918. The zero-order valence-electron chi connectivity index (χ0n) is 8.94. The molecule has 1 aromatic carbocycles. The van der Waals surface area contributed by atoms with E-state index >= 15 is 0 Å². The maximum Gasteiger partial charge on any atom is 0.345 e. The number of aryl methyl sites for hydroxylation is 1. The second kappa shape index (κ2) is 4.89. The van der Waals surface area contributed by atoms with Gasteiger partial charge >= 0.3 is 5.97 Å². The maximum atomic E-state index is 10.7. The Morgan fingerprint density at radius 3 is 2.71 bits per heavy atom. The van der Waals surface area contributed by atoms with Gasteiger partial charge in [0.1, 0.15) is 10.6 Å². The van der Waals surface area contributed by atoms with E-state index < -0.39 is 5.97 Å². The smallest absolute Gasteiger partial charge is 0.345 e. The van der Waals surface area contributed by atoms with Crippen molar-refractivity contribution in [2.24, 2.45) is 0 Å². The molecule has 17 heavy (non-hydrogen) atoms. The zero-order chi connectivity index (χ0) is 12.4. The number of carboxylic acids is 1. The molecule has 2 rings (SSSR count). The van der Waals surface area contributed by atoms with Gasteiger partial charge in [0.05, 0.1) is 0 Å². The van der Waals surface area contributed by atoms with Crippen LogP contribution in [-0.2, 0) is 0 Å². The molecule has 1 N–H and O–H groups in total. The zero-order valence-corrected chi connectivity index (χ0v) is 11.3. The van der Waals surface area contributed by atoms with Crippen molar-refractivity contribution < 1.29 is 14.6 Å². The van der Waals surface area contributed by atoms with E-state index in [4.69, 9.17) is 9.84 Å². The third kappa shape index (κ3) is 2.87. The van der Waals surface area contributed by atoms with Crippen LogP contribution in [0.25, 0.3) is 0 Å². The van der Waals surface area contributed by atoms with Gasteiger partial charge in [-0.15, -0.1) is 0 Å². The Kier molecular flexibility index (Phi) is 3.49. The Morgan fingerprint density at radius 1 is 1.35 bits per heavy atom. The van der Waals surface area contributed by atoms with E-state index in [0.29, 0.717) is 10.8 Å². The molecule has 0 amide bonds. The fourth-order valence-electron chi connectivity index (χ4n) is 1.29. The van der Waals surface area contributed by atoms with Gasteiger partial charge in [-0.3, -0.25) is 0 Å². The molecule has 0 unspecified atom stereocenters. The number of hydrogen-bond donors (Lipinski definition) is 1. The summed E-state index contributed by atoms with van der Waals surface area (Å²) >= 11 is 4.52. The summed E-state index contributed by atoms with van der Waals surface area (Å²) in [7, 11) is 0. The van der Waals surface area contributed by atoms with Gasteiger partial charge < -0.3 is 9.84 Å². The Balaban J connectivity index is 2.19. The molecule has 0 saturated heterocycles. The van der Waals surface area contributed by atoms with Crippen LogP contribution in [0.15, 0.2) is 34.8 Å². The van der Waals surface area contributed by atoms with Gasteiger partial charge in [-0.2, -0.15) is 0 Å². The number of benzene rings is 1. The third-order valence-corrected chi connectivity index (χ3v) is 3.98. The highest BCUT2D eigenvalue weighted by atomic mass is 79.9. The highest BCUT2D eigenvalue weighted by Crippen LogP contribution is 2.31. The molecule has 5 heteroatoms. The highest BCUT2D eigenvalue weighted by Gasteiger charge is 2.08. The monoisotopic (exact) mass is 312 g/mol. The van der Waals surface area contributed by atoms with Crippen LogP contribution in [0, 0.1) is 6.92 Å². The minimum atomic E-state index is -0.933. The molecule has 0 aliphatic heterocycles. The molecule has 0 atom stereocenters. The summed E-state index contributed by atoms with van der Waals surface area (Å²) in [5.41, 5.74) is 1.07. The predicted molar refractivity (Wildman–Crippen MR) is 70.2 cm³/mol. The molecular formula is C12H9BrO3S. The lowest BCUT2D eigenvalue weighted by Crippen LogP contribution is -1.89. The van der Waals surface area contributed by atoms with Crippen molar-refractivity contribution in [3.8, 4) is 10.8 Å². The molecule has 0 fully saturated rings. The Hall–Kier alpha value is -1.33. The van der Waals surface area contributed by atoms with Crippen molar-refractivity contribution in [2.45, 2.75) is 6.92 Å². The third-order valence-electron chi connectivity index (χ3n) is 2.14. The number of hydrogen-bond acceptors (Lipinski definition) is 3. The van der Waals surface area contributed by atoms with Gasteiger partial charge in [0.25, 0.3) is 0 Å². The lowest BCUT2D eigenvalue weighted by molar-refractivity contribution is 0.0702. The van der Waals surface area contributed by atoms with Crippen molar-refractivity contribution in [1.82, 2.24) is 0 Å². The average Bonchev–Trinajstić information content (AvgIpc) is 2.72. The predicted octanol–water partition coefficient (Wildman–Crippen LogP) is 4.31. The second-order valence-electron chi connectivity index (χ2n) is 3.44. The van der Waals surface area contributed by atoms with Crippen LogP contribution >= 0.6 is 27.3 Å². The van der Waals surface area contributed by atoms with E-state index in [9.17, 15) is 4.79 Å². The Bertz CT molecular complexity index is 563. The summed E-state index contributed by atoms with van der Waals surface area (Å²) < 4.78 is 6.60. The molecule has 3 nitrogen and oxygen atoms in total. The van der Waals surface area contributed by atoms with Crippen LogP contribution in [0.1, 0.15) is 15.2 Å². The van der Waals surface area contributed by atoms with Crippen LogP contribution in [0.2, 0.25) is 0 Å². The van der Waals surface area contributed by atoms with Gasteiger partial charge in [0.2, 0.25) is 0 Å². The lowest BCUT2D eigenvalue weighted by Gasteiger charge is -2.04. The number of halogens is 1. The van der Waals surface area contributed by atoms with E-state index in [-0.39, 0.29) is 4.88 Å². The summed E-state index contributed by atoms with van der Waals surface area (Å²) in [6.45, 7) is 1.97. The van der Waals surface area contributed by atoms with E-state index in [1.165, 1.54) is 6.07 Å². The number of carboxylic acid groups (broad SMARTS) is 1. The van der Waals surface area contributed by atoms with Gasteiger partial charge in [-0.1, -0.05) is 27.3 Å². The van der Waals surface area contributed by atoms with Crippen molar-refractivity contribution in [3.05, 3.63) is 45.2 Å². The summed E-state index contributed by atoms with van der Waals surface area (Å²) in [5.74, 6) is -0.235. The molecule has 88 valence electrons. The first-order chi connectivity index (χ1) is 8.06. The van der Waals surface area contributed by atoms with Crippen LogP contribution in [-0.4, -0.2) is 11.1 Å². The molecule has 1 aromatic heterocycles. The minimum Gasteiger partial charge on any atom is -0.477 e. The molecule has 0 saturated carbocycles. The van der Waals surface area contributed by atoms with Crippen molar-refractivity contribution >= 4 is 33.2 Å². The summed E-state index contributed by atoms with van der Waals surface area (Å²) in [6, 6.07) is 8.82. The molecule has 2 aromatic rings. The summed E-state index contributed by atoms with van der Waals surface area (Å²) in [6.07, 6.45) is 0. The standard InChI is InChI=1S/C12H9BrO3S/c1-7-6-8(2-3-9(7)13)16-11-5-4-10(17-11)12(14)15/h2-6H,1H3,(H,14,15). The molecule has 0 bridgehead atoms. The van der Waals surface area contributed by atoms with Crippen molar-refractivity contribution in [3.63, 3.8) is 0 Å². The highest BCUT2D eigenvalue weighted by molar-refractivity contribution is 9.10. The number of thiophene rings is 1. The van der Waals surface area contributed by atoms with E-state index in [1.807, 2.05) is 25.1 Å². The molecule has 0 aliphatic rings. The molecule has 0 aliphatic carbocycles. The topological polar surface area (TPSA) is 46.5 Å². The van der Waals surface area contributed by atoms with Crippen LogP contribution in [0.3, 0.4) is 0 Å². The number of carbonyl (C=O) groups is 1. The molecule has 0 spiro atoms. The van der Waals surface area contributed by atoms with Crippen LogP contribution in [0.4, 0.5) is 0 Å². The van der Waals surface area contributed by atoms with Crippen molar-refractivity contribution in [1.29, 1.82) is 0 Å². The number of ether oxygens (including phenoxy) is 1. The van der Waals surface area contributed by atoms with E-state index in [0.717, 1.165) is 21.4 Å². The van der Waals surface area contributed by atoms with Crippen molar-refractivity contribution in [2.75, 3.05) is 0 Å². The Labute approximate surface area is 111 Å². The van der Waals surface area contributed by atoms with Gasteiger partial charge in [0, 0.05) is 4.47 Å². The first-order valence-electron chi connectivity index (χ1n) is 4.83. The van der Waals surface area contributed by atoms with E-state index in [2.05, 4.69) is 15.9 Å². The lowest BCUT2D eigenvalue weighted by atomic mass is 10.2. The first-order valence-corrected chi connectivity index (χ1v) is 6.44. The van der Waals surface area contributed by atoms with Gasteiger partial charge in [0.15, 0.2) is 5.06 Å². The van der Waals surface area contributed by atoms with Gasteiger partial charge in [-0.25, -0.2) is 4.79 Å². The summed E-state index contributed by atoms with van der Waals surface area (Å²) in [5, 5.41) is 9.37. The SMILES string of the molecule is Cc1cc(Oc2ccc(C(=O)O)s2)ccc1Br. The van der Waals surface area contributed by atoms with E-state index in [1.54, 1.807) is 6.07 Å². The van der Waals surface area contributed by atoms with Gasteiger partial charge in [-0.05, 0) is 42.8 Å². The minimum absolute atomic E-state index is 0.272. The maximum absolute atomic E-state index is 10.7. The number of rotatable bonds is 3. The largest absolute Gasteiger partial charge is 0.477 e. The average molecular weight is 313 g/mol. The fraction of sp³-hybridized carbons (Fsp3) is 0.0833. The first kappa shape index (κ1) is 12.1. The normalized spacial score (nSPS) is 10.2. The summed E-state index contributed by atoms with van der Waals surface area (Å²) in [4.78, 5) is 11.0. The fourth-order valence-corrected chi connectivity index (χ4v) is 2.25. The molecule has 0 radical (unpaired) electrons. The second-order valence-corrected chi connectivity index (χ2v) is 5.34. The van der Waals surface area contributed by atoms with Crippen LogP contribution in [0.5, 0.6) is 10.8 Å². The van der Waals surface area contributed by atoms with Crippen LogP contribution < -0.4 is 4.74 Å². The molecular weight excluding hydrogens is 304 g/mol. The number of aromatic carboxylic acids is 1. The Morgan fingerprint density at radius 2 is 2.12 bits per heavy atom.